The molecule has 0 bridgehead atoms. The number of carbonyl (C=O) groups excluding carboxylic acids is 3. The largest absolute Gasteiger partial charge is 0.322 e. The van der Waals surface area contributed by atoms with Crippen molar-refractivity contribution in [1.82, 2.24) is 10.9 Å². The van der Waals surface area contributed by atoms with Crippen LogP contribution in [-0.2, 0) is 16.6 Å². The van der Waals surface area contributed by atoms with Crippen LogP contribution < -0.4 is 16.2 Å². The maximum atomic E-state index is 12.5. The predicted molar refractivity (Wildman–Crippen MR) is 135 cm³/mol. The molecule has 176 valence electrons. The van der Waals surface area contributed by atoms with Crippen LogP contribution in [0.15, 0.2) is 72.8 Å². The molecule has 3 amide bonds. The predicted octanol–water partition coefficient (Wildman–Crippen LogP) is 5.28. The topological polar surface area (TPSA) is 87.3 Å². The third kappa shape index (κ3) is 6.93. The molecule has 0 saturated carbocycles. The molecule has 34 heavy (non-hydrogen) atoms. The van der Waals surface area contributed by atoms with E-state index < -0.39 is 5.91 Å². The number of benzene rings is 3. The van der Waals surface area contributed by atoms with Crippen molar-refractivity contribution in [3.8, 4) is 0 Å². The number of hydrazine groups is 1. The third-order valence-electron chi connectivity index (χ3n) is 5.31. The quantitative estimate of drug-likeness (QED) is 0.422. The van der Waals surface area contributed by atoms with Crippen molar-refractivity contribution in [3.63, 3.8) is 0 Å². The summed E-state index contributed by atoms with van der Waals surface area (Å²) in [6.07, 6.45) is 0.653. The van der Waals surface area contributed by atoms with Gasteiger partial charge in [-0.1, -0.05) is 62.7 Å². The van der Waals surface area contributed by atoms with Gasteiger partial charge in [-0.15, -0.1) is 0 Å². The molecule has 0 spiro atoms. The first-order valence-corrected chi connectivity index (χ1v) is 11.4. The van der Waals surface area contributed by atoms with Gasteiger partial charge in [0.25, 0.3) is 11.8 Å². The van der Waals surface area contributed by atoms with E-state index in [4.69, 9.17) is 11.6 Å². The number of halogens is 1. The van der Waals surface area contributed by atoms with Crippen LogP contribution in [-0.4, -0.2) is 17.7 Å². The molecule has 0 radical (unpaired) electrons. The average molecular weight is 478 g/mol. The molecule has 0 aliphatic heterocycles. The van der Waals surface area contributed by atoms with Crippen LogP contribution in [0.1, 0.15) is 59.0 Å². The monoisotopic (exact) mass is 477 g/mol. The Balaban J connectivity index is 1.48. The first kappa shape index (κ1) is 25.0. The molecule has 0 aliphatic rings. The van der Waals surface area contributed by atoms with Gasteiger partial charge in [0, 0.05) is 28.3 Å². The van der Waals surface area contributed by atoms with Crippen molar-refractivity contribution >= 4 is 35.0 Å². The van der Waals surface area contributed by atoms with E-state index >= 15 is 0 Å². The van der Waals surface area contributed by atoms with Crippen molar-refractivity contribution in [2.24, 2.45) is 0 Å². The smallest absolute Gasteiger partial charge is 0.269 e. The molecule has 0 saturated heterocycles. The average Bonchev–Trinajstić information content (AvgIpc) is 2.82. The Morgan fingerprint density at radius 3 is 1.97 bits per heavy atom. The lowest BCUT2D eigenvalue weighted by Crippen LogP contribution is -2.41. The van der Waals surface area contributed by atoms with E-state index in [0.717, 1.165) is 11.1 Å². The van der Waals surface area contributed by atoms with E-state index in [9.17, 15) is 14.4 Å². The van der Waals surface area contributed by atoms with Gasteiger partial charge in [-0.3, -0.25) is 25.2 Å². The summed E-state index contributed by atoms with van der Waals surface area (Å²) in [5.74, 6) is -1.01. The molecule has 7 heteroatoms. The summed E-state index contributed by atoms with van der Waals surface area (Å²) in [6, 6.07) is 21.2. The minimum atomic E-state index is -0.457. The van der Waals surface area contributed by atoms with E-state index in [1.807, 2.05) is 30.3 Å². The lowest BCUT2D eigenvalue weighted by Gasteiger charge is -2.19. The Kier molecular flexibility index (Phi) is 8.08. The zero-order valence-corrected chi connectivity index (χ0v) is 20.2. The van der Waals surface area contributed by atoms with Gasteiger partial charge in [0.15, 0.2) is 0 Å². The SMILES string of the molecule is CC(C)(C)c1ccc(C(=O)Nc2ccc(C(=O)NNC(=O)CCc3ccccc3Cl)cc2)cc1. The minimum Gasteiger partial charge on any atom is -0.322 e. The van der Waals surface area contributed by atoms with Gasteiger partial charge in [-0.2, -0.15) is 0 Å². The number of anilines is 1. The van der Waals surface area contributed by atoms with E-state index in [2.05, 4.69) is 36.9 Å². The molecule has 3 rings (SSSR count). The molecule has 3 N–H and O–H groups in total. The molecule has 3 aromatic carbocycles. The fourth-order valence-corrected chi connectivity index (χ4v) is 3.47. The molecular weight excluding hydrogens is 450 g/mol. The van der Waals surface area contributed by atoms with Crippen LogP contribution >= 0.6 is 11.6 Å². The molecule has 0 fully saturated rings. The zero-order chi connectivity index (χ0) is 24.7. The normalized spacial score (nSPS) is 10.9. The summed E-state index contributed by atoms with van der Waals surface area (Å²) in [5, 5.41) is 3.42. The van der Waals surface area contributed by atoms with Crippen LogP contribution in [0.3, 0.4) is 0 Å². The van der Waals surface area contributed by atoms with Crippen molar-refractivity contribution in [2.75, 3.05) is 5.32 Å². The fourth-order valence-electron chi connectivity index (χ4n) is 3.24. The lowest BCUT2D eigenvalue weighted by molar-refractivity contribution is -0.121. The molecule has 0 unspecified atom stereocenters. The standard InChI is InChI=1S/C27H28ClN3O3/c1-27(2,3)21-13-8-19(9-14-21)25(33)29-22-15-10-20(11-16-22)26(34)31-30-24(32)17-12-18-6-4-5-7-23(18)28/h4-11,13-16H,12,17H2,1-3H3,(H,29,33)(H,30,32)(H,31,34). The summed E-state index contributed by atoms with van der Waals surface area (Å²) in [5.41, 5.74) is 8.29. The second kappa shape index (κ2) is 11.0. The van der Waals surface area contributed by atoms with Gasteiger partial charge in [-0.25, -0.2) is 0 Å². The van der Waals surface area contributed by atoms with Crippen LogP contribution in [0.5, 0.6) is 0 Å². The van der Waals surface area contributed by atoms with E-state index in [1.54, 1.807) is 42.5 Å². The van der Waals surface area contributed by atoms with Gasteiger partial charge in [-0.05, 0) is 65.4 Å². The molecule has 3 aromatic rings. The Bertz CT molecular complexity index is 1170. The zero-order valence-electron chi connectivity index (χ0n) is 19.4. The summed E-state index contributed by atoms with van der Waals surface area (Å²) in [6.45, 7) is 6.35. The second-order valence-electron chi connectivity index (χ2n) is 8.95. The molecule has 0 aromatic heterocycles. The number of rotatable bonds is 6. The van der Waals surface area contributed by atoms with Crippen LogP contribution in [0.4, 0.5) is 5.69 Å². The van der Waals surface area contributed by atoms with E-state index in [1.165, 1.54) is 0 Å². The Labute approximate surface area is 204 Å². The highest BCUT2D eigenvalue weighted by atomic mass is 35.5. The first-order chi connectivity index (χ1) is 16.1. The summed E-state index contributed by atoms with van der Waals surface area (Å²) in [7, 11) is 0. The van der Waals surface area contributed by atoms with Crippen molar-refractivity contribution in [2.45, 2.75) is 39.0 Å². The van der Waals surface area contributed by atoms with Gasteiger partial charge in [0.2, 0.25) is 5.91 Å². The van der Waals surface area contributed by atoms with Crippen LogP contribution in [0.2, 0.25) is 5.02 Å². The maximum Gasteiger partial charge on any atom is 0.269 e. The van der Waals surface area contributed by atoms with E-state index in [-0.39, 0.29) is 23.7 Å². The molecular formula is C27H28ClN3O3. The first-order valence-electron chi connectivity index (χ1n) is 11.0. The lowest BCUT2D eigenvalue weighted by atomic mass is 9.87. The summed E-state index contributed by atoms with van der Waals surface area (Å²) < 4.78 is 0. The Morgan fingerprint density at radius 1 is 0.765 bits per heavy atom. The van der Waals surface area contributed by atoms with Gasteiger partial charge in [0.1, 0.15) is 0 Å². The number of nitrogens with one attached hydrogen (secondary N) is 3. The summed E-state index contributed by atoms with van der Waals surface area (Å²) in [4.78, 5) is 36.9. The molecule has 0 atom stereocenters. The highest BCUT2D eigenvalue weighted by Crippen LogP contribution is 2.22. The second-order valence-corrected chi connectivity index (χ2v) is 9.36. The van der Waals surface area contributed by atoms with Crippen molar-refractivity contribution < 1.29 is 14.4 Å². The number of carbonyl (C=O) groups is 3. The van der Waals surface area contributed by atoms with Crippen LogP contribution in [0, 0.1) is 0 Å². The van der Waals surface area contributed by atoms with E-state index in [0.29, 0.717) is 28.3 Å². The maximum absolute atomic E-state index is 12.5. The fraction of sp³-hybridized carbons (Fsp3) is 0.222. The number of amides is 3. The number of hydrogen-bond acceptors (Lipinski definition) is 3. The highest BCUT2D eigenvalue weighted by molar-refractivity contribution is 6.31. The van der Waals surface area contributed by atoms with Crippen molar-refractivity contribution in [1.29, 1.82) is 0 Å². The summed E-state index contributed by atoms with van der Waals surface area (Å²) >= 11 is 6.09. The molecule has 6 nitrogen and oxygen atoms in total. The minimum absolute atomic E-state index is 0.0144. The van der Waals surface area contributed by atoms with Crippen molar-refractivity contribution in [3.05, 3.63) is 100 Å². The highest BCUT2D eigenvalue weighted by Gasteiger charge is 2.15. The Hall–Kier alpha value is -3.64. The Morgan fingerprint density at radius 2 is 1.35 bits per heavy atom. The molecule has 0 heterocycles. The number of aryl methyl sites for hydroxylation is 1. The third-order valence-corrected chi connectivity index (χ3v) is 5.68. The van der Waals surface area contributed by atoms with Gasteiger partial charge >= 0.3 is 0 Å². The molecule has 0 aliphatic carbocycles. The van der Waals surface area contributed by atoms with Crippen LogP contribution in [0.25, 0.3) is 0 Å². The number of hydrogen-bond donors (Lipinski definition) is 3. The van der Waals surface area contributed by atoms with Gasteiger partial charge < -0.3 is 5.32 Å². The van der Waals surface area contributed by atoms with Gasteiger partial charge in [0.05, 0.1) is 0 Å².